The van der Waals surface area contributed by atoms with Crippen molar-refractivity contribution in [2.45, 2.75) is 96.9 Å². The van der Waals surface area contributed by atoms with Gasteiger partial charge in [-0.1, -0.05) is 6.08 Å². The molecule has 0 aromatic heterocycles. The normalized spacial score (nSPS) is 21.1. The van der Waals surface area contributed by atoms with Crippen LogP contribution in [-0.2, 0) is 23.9 Å². The van der Waals surface area contributed by atoms with E-state index in [0.29, 0.717) is 6.54 Å². The van der Waals surface area contributed by atoms with Gasteiger partial charge in [-0.05, 0) is 67.2 Å². The van der Waals surface area contributed by atoms with E-state index < -0.39 is 11.2 Å². The molecule has 0 aromatic rings. The third-order valence-corrected chi connectivity index (χ3v) is 5.08. The number of hydrogen-bond donors (Lipinski definition) is 0. The zero-order valence-corrected chi connectivity index (χ0v) is 21.7. The molecule has 2 saturated heterocycles. The topological polar surface area (TPSA) is 123 Å². The summed E-state index contributed by atoms with van der Waals surface area (Å²) in [6.45, 7) is 12.5. The van der Waals surface area contributed by atoms with Gasteiger partial charge < -0.3 is 14.3 Å². The van der Waals surface area contributed by atoms with Crippen LogP contribution in [0.5, 0.6) is 0 Å². The largest absolute Gasteiger partial charge is 0.444 e. The fraction of sp³-hybridized carbons (Fsp3) is 0.680. The molecule has 3 rings (SSSR count). The number of carbonyl (C=O) groups excluding carboxylic acids is 5. The van der Waals surface area contributed by atoms with Crippen LogP contribution in [0, 0.1) is 0 Å². The third-order valence-electron chi connectivity index (χ3n) is 5.08. The predicted octanol–water partition coefficient (Wildman–Crippen LogP) is 3.71. The molecule has 3 aliphatic rings. The standard InChI is InChI=1S/C13H20N2O2.C10H17NO3.C2H2O2/c1-13(2,3)17-12(16)15-9-5-7-11(15)10-6-4-8-14-10;1-10(2,3)14-9(13)11-6-4-5-8(11)7-12;3-1-2-4/h4,8,11H,5-7,9H2,1-3H3;7-8H,4-6H2,1-3H3;1-2H/t11-;8-;/m00./s1. The van der Waals surface area contributed by atoms with Gasteiger partial charge in [-0.3, -0.25) is 24.4 Å². The van der Waals surface area contributed by atoms with Crippen molar-refractivity contribution in [1.82, 2.24) is 9.80 Å². The van der Waals surface area contributed by atoms with Crippen LogP contribution in [0.4, 0.5) is 9.59 Å². The minimum absolute atomic E-state index is 0.139. The summed E-state index contributed by atoms with van der Waals surface area (Å²) in [5.74, 6) is 0. The van der Waals surface area contributed by atoms with Crippen molar-refractivity contribution in [2.24, 2.45) is 4.99 Å². The first-order chi connectivity index (χ1) is 16.3. The van der Waals surface area contributed by atoms with Crippen LogP contribution in [-0.4, -0.2) is 82.9 Å². The number of nitrogens with zero attached hydrogens (tertiary/aromatic N) is 3. The maximum atomic E-state index is 12.1. The van der Waals surface area contributed by atoms with Gasteiger partial charge in [0.15, 0.2) is 12.6 Å². The lowest BCUT2D eigenvalue weighted by Crippen LogP contribution is -2.43. The molecule has 10 heteroatoms. The summed E-state index contributed by atoms with van der Waals surface area (Å²) in [5, 5.41) is 0. The molecule has 0 spiro atoms. The fourth-order valence-electron chi connectivity index (χ4n) is 3.73. The molecule has 0 N–H and O–H groups in total. The zero-order chi connectivity index (χ0) is 26.6. The first-order valence-corrected chi connectivity index (χ1v) is 11.9. The Kier molecular flexibility index (Phi) is 11.8. The quantitative estimate of drug-likeness (QED) is 0.434. The summed E-state index contributed by atoms with van der Waals surface area (Å²) in [7, 11) is 0. The molecule has 196 valence electrons. The first-order valence-electron chi connectivity index (χ1n) is 11.9. The fourth-order valence-corrected chi connectivity index (χ4v) is 3.73. The molecule has 0 saturated carbocycles. The highest BCUT2D eigenvalue weighted by atomic mass is 16.6. The van der Waals surface area contributed by atoms with Crippen LogP contribution in [0.1, 0.15) is 73.6 Å². The maximum Gasteiger partial charge on any atom is 0.410 e. The van der Waals surface area contributed by atoms with Gasteiger partial charge in [0.1, 0.15) is 17.5 Å². The van der Waals surface area contributed by atoms with Crippen molar-refractivity contribution in [3.63, 3.8) is 0 Å². The number of ether oxygens (including phenoxy) is 2. The summed E-state index contributed by atoms with van der Waals surface area (Å²) in [6, 6.07) is -0.148. The number of amides is 2. The van der Waals surface area contributed by atoms with Crippen molar-refractivity contribution < 1.29 is 33.4 Å². The SMILES string of the molecule is CC(C)(C)OC(=O)N1CCC[C@H]1C1=NC=CC1.CC(C)(C)OC(=O)N1CCC[C@H]1C=O.O=CC=O. The van der Waals surface area contributed by atoms with Crippen molar-refractivity contribution in [1.29, 1.82) is 0 Å². The molecule has 0 aromatic carbocycles. The van der Waals surface area contributed by atoms with Crippen LogP contribution in [0.2, 0.25) is 0 Å². The van der Waals surface area contributed by atoms with Crippen LogP contribution in [0.25, 0.3) is 0 Å². The highest BCUT2D eigenvalue weighted by Gasteiger charge is 2.35. The summed E-state index contributed by atoms with van der Waals surface area (Å²) in [4.78, 5) is 59.5. The molecule has 0 unspecified atom stereocenters. The number of rotatable bonds is 3. The lowest BCUT2D eigenvalue weighted by atomic mass is 10.1. The van der Waals surface area contributed by atoms with Gasteiger partial charge in [-0.15, -0.1) is 0 Å². The van der Waals surface area contributed by atoms with Gasteiger partial charge in [-0.2, -0.15) is 0 Å². The average molecular weight is 494 g/mol. The van der Waals surface area contributed by atoms with Crippen molar-refractivity contribution in [3.05, 3.63) is 12.3 Å². The van der Waals surface area contributed by atoms with E-state index in [9.17, 15) is 14.4 Å². The Morgan fingerprint density at radius 1 is 0.886 bits per heavy atom. The summed E-state index contributed by atoms with van der Waals surface area (Å²) < 4.78 is 10.6. The van der Waals surface area contributed by atoms with Crippen LogP contribution in [0.3, 0.4) is 0 Å². The Morgan fingerprint density at radius 2 is 1.40 bits per heavy atom. The monoisotopic (exact) mass is 493 g/mol. The molecular formula is C25H39N3O7. The van der Waals surface area contributed by atoms with Crippen LogP contribution < -0.4 is 0 Å². The molecule has 2 atom stereocenters. The lowest BCUT2D eigenvalue weighted by molar-refractivity contribution is -0.122. The maximum absolute atomic E-state index is 12.1. The molecule has 3 aliphatic heterocycles. The van der Waals surface area contributed by atoms with Crippen molar-refractivity contribution in [2.75, 3.05) is 13.1 Å². The Morgan fingerprint density at radius 3 is 1.86 bits per heavy atom. The average Bonchev–Trinajstić information content (AvgIpc) is 3.52. The molecule has 0 aliphatic carbocycles. The van der Waals surface area contributed by atoms with E-state index in [2.05, 4.69) is 4.99 Å². The molecule has 2 fully saturated rings. The number of carbonyl (C=O) groups is 5. The van der Waals surface area contributed by atoms with E-state index >= 15 is 0 Å². The highest BCUT2D eigenvalue weighted by Crippen LogP contribution is 2.24. The Labute approximate surface area is 207 Å². The van der Waals surface area contributed by atoms with Crippen LogP contribution >= 0.6 is 0 Å². The first kappa shape index (κ1) is 30.0. The Bertz CT molecular complexity index is 803. The number of aldehydes is 3. The molecule has 2 amide bonds. The Hall–Kier alpha value is -3.04. The van der Waals surface area contributed by atoms with Crippen molar-refractivity contribution in [3.8, 4) is 0 Å². The smallest absolute Gasteiger partial charge is 0.410 e. The second-order valence-electron chi connectivity index (χ2n) is 10.3. The van der Waals surface area contributed by atoms with Crippen LogP contribution in [0.15, 0.2) is 17.3 Å². The molecule has 10 nitrogen and oxygen atoms in total. The second kappa shape index (κ2) is 13.7. The van der Waals surface area contributed by atoms with E-state index in [1.807, 2.05) is 58.7 Å². The minimum Gasteiger partial charge on any atom is -0.444 e. The predicted molar refractivity (Wildman–Crippen MR) is 131 cm³/mol. The Balaban J connectivity index is 0.000000309. The van der Waals surface area contributed by atoms with Gasteiger partial charge in [-0.25, -0.2) is 9.59 Å². The van der Waals surface area contributed by atoms with E-state index in [-0.39, 0.29) is 36.8 Å². The zero-order valence-electron chi connectivity index (χ0n) is 21.7. The second-order valence-corrected chi connectivity index (χ2v) is 10.3. The highest BCUT2D eigenvalue weighted by molar-refractivity contribution is 6.09. The van der Waals surface area contributed by atoms with E-state index in [1.54, 1.807) is 0 Å². The number of aliphatic imine (C=N–C) groups is 1. The number of hydrogen-bond acceptors (Lipinski definition) is 8. The van der Waals surface area contributed by atoms with E-state index in [1.165, 1.54) is 4.90 Å². The van der Waals surface area contributed by atoms with Gasteiger partial charge in [0, 0.05) is 31.4 Å². The minimum atomic E-state index is -0.493. The van der Waals surface area contributed by atoms with Gasteiger partial charge >= 0.3 is 12.2 Å². The van der Waals surface area contributed by atoms with Gasteiger partial charge in [0.05, 0.1) is 12.1 Å². The summed E-state index contributed by atoms with van der Waals surface area (Å²) in [6.07, 6.45) is 8.98. The lowest BCUT2D eigenvalue weighted by Gasteiger charge is -2.28. The van der Waals surface area contributed by atoms with Crippen molar-refractivity contribution >= 4 is 36.8 Å². The molecule has 0 radical (unpaired) electrons. The summed E-state index contributed by atoms with van der Waals surface area (Å²) in [5.41, 5.74) is 0.168. The number of allylic oxidation sites excluding steroid dienone is 1. The van der Waals surface area contributed by atoms with E-state index in [4.69, 9.17) is 19.1 Å². The molecule has 0 bridgehead atoms. The van der Waals surface area contributed by atoms with E-state index in [0.717, 1.165) is 50.6 Å². The molecular weight excluding hydrogens is 454 g/mol. The molecule has 35 heavy (non-hydrogen) atoms. The number of likely N-dealkylation sites (tertiary alicyclic amines) is 2. The third kappa shape index (κ3) is 10.8. The van der Waals surface area contributed by atoms with Gasteiger partial charge in [0.25, 0.3) is 0 Å². The van der Waals surface area contributed by atoms with Gasteiger partial charge in [0.2, 0.25) is 0 Å². The molecule has 3 heterocycles. The summed E-state index contributed by atoms with van der Waals surface area (Å²) >= 11 is 0.